The Hall–Kier alpha value is -7.95. The molecule has 0 bridgehead atoms. The van der Waals surface area contributed by atoms with E-state index < -0.39 is 0 Å². The first kappa shape index (κ1) is 45.8. The number of halogens is 1. The highest BCUT2D eigenvalue weighted by molar-refractivity contribution is 6.62. The molecular formula is C60H48BClN6O2. The Morgan fingerprint density at radius 2 is 0.500 bits per heavy atom. The SMILES string of the molecule is CC1(C)OB(c2ccc(-c3ccc(-c4nc(-c5ccccc5)nc(-c5ccccc5)n4)cc3)cc2)OC1(C)C.Clc1ccc(-c2ccc(-c3nc(-c4ccccc4)nc(-c4ccccc4)n3)cc2)cc1. The van der Waals surface area contributed by atoms with Crippen LogP contribution in [-0.2, 0) is 9.31 Å². The number of hydrogen-bond acceptors (Lipinski definition) is 8. The summed E-state index contributed by atoms with van der Waals surface area (Å²) in [7, 11) is -0.368. The summed E-state index contributed by atoms with van der Waals surface area (Å²) in [6.07, 6.45) is 0. The highest BCUT2D eigenvalue weighted by atomic mass is 35.5. The second-order valence-electron chi connectivity index (χ2n) is 17.9. The number of rotatable bonds is 9. The third-order valence-corrected chi connectivity index (χ3v) is 12.9. The van der Waals surface area contributed by atoms with Crippen molar-refractivity contribution in [3.63, 3.8) is 0 Å². The Labute approximate surface area is 414 Å². The molecule has 1 fully saturated rings. The Balaban J connectivity index is 0.000000166. The summed E-state index contributed by atoms with van der Waals surface area (Å²) in [5.41, 5.74) is 10.5. The van der Waals surface area contributed by atoms with Gasteiger partial charge in [-0.05, 0) is 67.5 Å². The molecule has 0 atom stereocenters. The van der Waals surface area contributed by atoms with E-state index in [1.54, 1.807) is 0 Å². The van der Waals surface area contributed by atoms with Crippen molar-refractivity contribution >= 4 is 24.2 Å². The Morgan fingerprint density at radius 1 is 0.286 bits per heavy atom. The Bertz CT molecular complexity index is 3220. The molecule has 8 aromatic carbocycles. The highest BCUT2D eigenvalue weighted by Gasteiger charge is 2.51. The molecule has 340 valence electrons. The van der Waals surface area contributed by atoms with Crippen LogP contribution in [0.15, 0.2) is 218 Å². The predicted octanol–water partition coefficient (Wildman–Crippen LogP) is 14.0. The van der Waals surface area contributed by atoms with Crippen LogP contribution in [-0.4, -0.2) is 48.2 Å². The lowest BCUT2D eigenvalue weighted by atomic mass is 9.78. The average Bonchev–Trinajstić information content (AvgIpc) is 3.65. The average molecular weight is 931 g/mol. The van der Waals surface area contributed by atoms with Crippen LogP contribution in [0.3, 0.4) is 0 Å². The Kier molecular flexibility index (Phi) is 13.1. The second-order valence-corrected chi connectivity index (χ2v) is 18.4. The molecule has 0 N–H and O–H groups in total. The fraction of sp³-hybridized carbons (Fsp3) is 0.100. The third-order valence-electron chi connectivity index (χ3n) is 12.6. The molecule has 0 radical (unpaired) electrons. The van der Waals surface area contributed by atoms with E-state index in [-0.39, 0.29) is 18.3 Å². The number of hydrogen-bond donors (Lipinski definition) is 0. The van der Waals surface area contributed by atoms with E-state index in [1.165, 1.54) is 0 Å². The maximum absolute atomic E-state index is 6.20. The van der Waals surface area contributed by atoms with Crippen LogP contribution in [0, 0.1) is 0 Å². The van der Waals surface area contributed by atoms with Gasteiger partial charge in [-0.2, -0.15) is 0 Å². The molecule has 2 aromatic heterocycles. The van der Waals surface area contributed by atoms with Crippen LogP contribution >= 0.6 is 11.6 Å². The van der Waals surface area contributed by atoms with Gasteiger partial charge in [0.05, 0.1) is 11.2 Å². The zero-order chi connectivity index (χ0) is 48.1. The Morgan fingerprint density at radius 3 is 0.771 bits per heavy atom. The summed E-state index contributed by atoms with van der Waals surface area (Å²) in [5, 5.41) is 0.729. The molecule has 0 unspecified atom stereocenters. The van der Waals surface area contributed by atoms with E-state index in [1.807, 2.05) is 158 Å². The molecule has 8 nitrogen and oxygen atoms in total. The third kappa shape index (κ3) is 10.2. The normalized spacial score (nSPS) is 13.6. The van der Waals surface area contributed by atoms with E-state index in [4.69, 9.17) is 50.8 Å². The van der Waals surface area contributed by atoms with Gasteiger partial charge in [-0.25, -0.2) is 29.9 Å². The molecule has 0 spiro atoms. The highest BCUT2D eigenvalue weighted by Crippen LogP contribution is 2.37. The lowest BCUT2D eigenvalue weighted by Gasteiger charge is -2.32. The van der Waals surface area contributed by atoms with Crippen molar-refractivity contribution in [3.05, 3.63) is 223 Å². The zero-order valence-electron chi connectivity index (χ0n) is 39.2. The van der Waals surface area contributed by atoms with Gasteiger partial charge in [0, 0.05) is 38.4 Å². The quantitative estimate of drug-likeness (QED) is 0.132. The fourth-order valence-electron chi connectivity index (χ4n) is 7.95. The van der Waals surface area contributed by atoms with Gasteiger partial charge in [0.15, 0.2) is 34.9 Å². The molecule has 70 heavy (non-hydrogen) atoms. The van der Waals surface area contributed by atoms with Gasteiger partial charge in [-0.1, -0.05) is 218 Å². The molecule has 1 saturated heterocycles. The van der Waals surface area contributed by atoms with E-state index in [0.29, 0.717) is 34.9 Å². The minimum absolute atomic E-state index is 0.359. The van der Waals surface area contributed by atoms with Crippen LogP contribution in [0.2, 0.25) is 5.02 Å². The van der Waals surface area contributed by atoms with Gasteiger partial charge in [-0.3, -0.25) is 0 Å². The molecule has 3 heterocycles. The smallest absolute Gasteiger partial charge is 0.399 e. The zero-order valence-corrected chi connectivity index (χ0v) is 40.0. The van der Waals surface area contributed by atoms with Crippen LogP contribution in [0.1, 0.15) is 27.7 Å². The van der Waals surface area contributed by atoms with E-state index in [2.05, 4.69) is 88.4 Å². The standard InChI is InChI=1S/C33H30BN3O2.C27H18ClN3/c1-32(2)33(3,4)39-34(38-32)28-21-19-24(20-22-28)23-15-17-27(18-16-23)31-36-29(25-11-7-5-8-12-25)35-30(37-31)26-13-9-6-10-14-26;28-24-17-15-20(16-18-24)19-11-13-23(14-12-19)27-30-25(21-7-3-1-4-8-21)29-26(31-27)22-9-5-2-6-10-22/h5-22H,1-4H3;1-18H. The minimum atomic E-state index is -0.368. The van der Waals surface area contributed by atoms with Crippen LogP contribution < -0.4 is 5.46 Å². The van der Waals surface area contributed by atoms with E-state index in [0.717, 1.165) is 66.1 Å². The predicted molar refractivity (Wildman–Crippen MR) is 284 cm³/mol. The summed E-state index contributed by atoms with van der Waals surface area (Å²) in [6.45, 7) is 8.28. The molecule has 10 aromatic rings. The number of benzene rings is 8. The number of nitrogens with zero attached hydrogens (tertiary/aromatic N) is 6. The van der Waals surface area contributed by atoms with Crippen molar-refractivity contribution < 1.29 is 9.31 Å². The molecular weight excluding hydrogens is 883 g/mol. The molecule has 0 saturated carbocycles. The lowest BCUT2D eigenvalue weighted by molar-refractivity contribution is 0.00578. The van der Waals surface area contributed by atoms with Crippen molar-refractivity contribution in [3.8, 4) is 90.6 Å². The van der Waals surface area contributed by atoms with Crippen molar-refractivity contribution in [2.75, 3.05) is 0 Å². The van der Waals surface area contributed by atoms with Crippen LogP contribution in [0.25, 0.3) is 90.6 Å². The van der Waals surface area contributed by atoms with Crippen LogP contribution in [0.4, 0.5) is 0 Å². The van der Waals surface area contributed by atoms with Crippen LogP contribution in [0.5, 0.6) is 0 Å². The summed E-state index contributed by atoms with van der Waals surface area (Å²) < 4.78 is 12.4. The number of aromatic nitrogens is 6. The molecule has 11 rings (SSSR count). The van der Waals surface area contributed by atoms with Gasteiger partial charge in [0.25, 0.3) is 0 Å². The fourth-order valence-corrected chi connectivity index (χ4v) is 8.08. The molecule has 1 aliphatic heterocycles. The van der Waals surface area contributed by atoms with Crippen molar-refractivity contribution in [2.45, 2.75) is 38.9 Å². The lowest BCUT2D eigenvalue weighted by Crippen LogP contribution is -2.41. The van der Waals surface area contributed by atoms with E-state index in [9.17, 15) is 0 Å². The van der Waals surface area contributed by atoms with Gasteiger partial charge in [-0.15, -0.1) is 0 Å². The topological polar surface area (TPSA) is 95.8 Å². The summed E-state index contributed by atoms with van der Waals surface area (Å²) in [6, 6.07) is 72.8. The maximum atomic E-state index is 6.20. The molecule has 0 amide bonds. The van der Waals surface area contributed by atoms with Crippen molar-refractivity contribution in [1.82, 2.24) is 29.9 Å². The molecule has 10 heteroatoms. The van der Waals surface area contributed by atoms with Crippen molar-refractivity contribution in [2.24, 2.45) is 0 Å². The minimum Gasteiger partial charge on any atom is -0.399 e. The van der Waals surface area contributed by atoms with Crippen molar-refractivity contribution in [1.29, 1.82) is 0 Å². The first-order valence-electron chi connectivity index (χ1n) is 23.2. The summed E-state index contributed by atoms with van der Waals surface area (Å²) in [4.78, 5) is 28.7. The molecule has 1 aliphatic rings. The second kappa shape index (κ2) is 20.0. The van der Waals surface area contributed by atoms with Gasteiger partial charge >= 0.3 is 7.12 Å². The molecule has 0 aliphatic carbocycles. The van der Waals surface area contributed by atoms with Gasteiger partial charge in [0.2, 0.25) is 0 Å². The maximum Gasteiger partial charge on any atom is 0.494 e. The van der Waals surface area contributed by atoms with Gasteiger partial charge in [0.1, 0.15) is 0 Å². The van der Waals surface area contributed by atoms with E-state index >= 15 is 0 Å². The first-order chi connectivity index (χ1) is 34.0. The summed E-state index contributed by atoms with van der Waals surface area (Å²) in [5.74, 6) is 3.92. The van der Waals surface area contributed by atoms with Gasteiger partial charge < -0.3 is 9.31 Å². The monoisotopic (exact) mass is 930 g/mol. The summed E-state index contributed by atoms with van der Waals surface area (Å²) >= 11 is 6.01. The largest absolute Gasteiger partial charge is 0.494 e. The first-order valence-corrected chi connectivity index (χ1v) is 23.6.